The molecular weight excluding hydrogens is 1940 g/mol. The summed E-state index contributed by atoms with van der Waals surface area (Å²) in [4.78, 5) is 82.9. The van der Waals surface area contributed by atoms with E-state index in [1.165, 1.54) is 16.6 Å². The Morgan fingerprint density at radius 1 is 0.482 bits per heavy atom. The molecule has 576 valence electrons. The van der Waals surface area contributed by atoms with E-state index in [9.17, 15) is 19.2 Å². The van der Waals surface area contributed by atoms with Crippen molar-refractivity contribution in [3.63, 3.8) is 0 Å². The number of amides is 2. The van der Waals surface area contributed by atoms with Gasteiger partial charge in [-0.3, -0.25) is 29.3 Å². The van der Waals surface area contributed by atoms with Gasteiger partial charge < -0.3 is 44.8 Å². The normalized spacial score (nSPS) is 13.3. The molecule has 4 N–H and O–H groups in total. The van der Waals surface area contributed by atoms with E-state index in [0.29, 0.717) is 66.8 Å². The Labute approximate surface area is 725 Å². The number of aryl methyl sites for hydroxylation is 3. The number of carbonyl (C=O) groups excluding carboxylic acids is 3. The Kier molecular flexibility index (Phi) is 31.3. The number of pyridine rings is 5. The van der Waals surface area contributed by atoms with Gasteiger partial charge in [0, 0.05) is 147 Å². The van der Waals surface area contributed by atoms with Gasteiger partial charge in [0.05, 0.1) is 33.9 Å². The number of benzene rings is 3. The van der Waals surface area contributed by atoms with Crippen LogP contribution in [-0.4, -0.2) is 202 Å². The van der Waals surface area contributed by atoms with E-state index in [-0.39, 0.29) is 61.6 Å². The summed E-state index contributed by atoms with van der Waals surface area (Å²) in [7, 11) is 0. The third-order valence-electron chi connectivity index (χ3n) is 17.9. The van der Waals surface area contributed by atoms with Gasteiger partial charge in [0.15, 0.2) is 28.4 Å². The van der Waals surface area contributed by atoms with Gasteiger partial charge in [-0.15, -0.1) is 0 Å². The number of halogens is 7. The summed E-state index contributed by atoms with van der Waals surface area (Å²) in [6.45, 7) is 18.3. The number of carboxylic acids is 1. The van der Waals surface area contributed by atoms with Gasteiger partial charge in [0.25, 0.3) is 0 Å². The number of hydrogen-bond acceptors (Lipinski definition) is 21. The summed E-state index contributed by atoms with van der Waals surface area (Å²) >= 11 is 26.9. The Balaban J connectivity index is 0.000000149. The number of nitrogens with one attached hydrogen (secondary N) is 2. The van der Waals surface area contributed by atoms with Crippen molar-refractivity contribution in [2.75, 3.05) is 93.2 Å². The molecule has 3 saturated heterocycles. The first-order chi connectivity index (χ1) is 53.1. The molecule has 0 unspecified atom stereocenters. The predicted octanol–water partition coefficient (Wildman–Crippen LogP) is 9.94. The van der Waals surface area contributed by atoms with Crippen LogP contribution in [0.1, 0.15) is 23.6 Å². The van der Waals surface area contributed by atoms with Gasteiger partial charge in [0.2, 0.25) is 17.7 Å². The van der Waals surface area contributed by atoms with E-state index < -0.39 is 5.97 Å². The van der Waals surface area contributed by atoms with E-state index in [1.807, 2.05) is 109 Å². The van der Waals surface area contributed by atoms with Gasteiger partial charge in [-0.25, -0.2) is 43.6 Å². The van der Waals surface area contributed by atoms with Crippen LogP contribution in [0.2, 0.25) is 15.1 Å². The van der Waals surface area contributed by atoms with Gasteiger partial charge >= 0.3 is 24.8 Å². The number of rotatable bonds is 12. The number of carbonyl (C=O) groups is 4. The van der Waals surface area contributed by atoms with Crippen LogP contribution in [0.25, 0.3) is 66.6 Å². The number of ketones is 1. The molecule has 0 spiro atoms. The maximum absolute atomic E-state index is 13.1. The monoisotopic (exact) mass is 2010 g/mol. The number of carboxylic acid groups (broad SMARTS) is 1. The smallest absolute Gasteiger partial charge is 0.870 e. The van der Waals surface area contributed by atoms with Crippen LogP contribution in [-0.2, 0) is 45.4 Å². The summed E-state index contributed by atoms with van der Waals surface area (Å²) in [5, 5.41) is 43.3. The average molecular weight is 2020 g/mol. The molecule has 3 aliphatic rings. The number of oxazole rings is 1. The number of fused-ring (bicyclic) bond motifs is 5. The molecule has 0 atom stereocenters. The molecular formula is C75H74Cl3I4LiN22O7. The first kappa shape index (κ1) is 86.2. The second-order valence-corrected chi connectivity index (χ2v) is 30.9. The summed E-state index contributed by atoms with van der Waals surface area (Å²) in [6, 6.07) is 35.5. The van der Waals surface area contributed by atoms with E-state index in [1.54, 1.807) is 70.4 Å². The Bertz CT molecular complexity index is 5480. The molecule has 3 fully saturated rings. The van der Waals surface area contributed by atoms with Crippen LogP contribution >= 0.6 is 125 Å². The van der Waals surface area contributed by atoms with Crippen molar-refractivity contribution in [2.24, 2.45) is 0 Å². The van der Waals surface area contributed by atoms with Crippen molar-refractivity contribution in [1.82, 2.24) is 94.3 Å². The first-order valence-electron chi connectivity index (χ1n) is 34.7. The summed E-state index contributed by atoms with van der Waals surface area (Å²) in [5.41, 5.74) is 11.0. The van der Waals surface area contributed by atoms with Gasteiger partial charge in [-0.05, 0) is 244 Å². The second kappa shape index (κ2) is 40.7. The van der Waals surface area contributed by atoms with E-state index in [4.69, 9.17) is 44.3 Å². The average Bonchev–Trinajstić information content (AvgIpc) is 1.60. The molecule has 14 heterocycles. The Morgan fingerprint density at radius 2 is 0.902 bits per heavy atom. The molecule has 112 heavy (non-hydrogen) atoms. The maximum atomic E-state index is 13.1. The van der Waals surface area contributed by atoms with Crippen molar-refractivity contribution in [1.29, 1.82) is 0 Å². The molecule has 2 amide bonds. The summed E-state index contributed by atoms with van der Waals surface area (Å²) in [6.07, 6.45) is 13.3. The van der Waals surface area contributed by atoms with Crippen molar-refractivity contribution < 1.29 is 53.0 Å². The molecule has 17 rings (SSSR count). The third-order valence-corrected chi connectivity index (χ3v) is 23.5. The number of anilines is 3. The van der Waals surface area contributed by atoms with Crippen LogP contribution in [0.3, 0.4) is 0 Å². The summed E-state index contributed by atoms with van der Waals surface area (Å²) < 4.78 is 15.8. The number of H-pyrrole nitrogens is 1. The number of hydrogen-bond donors (Lipinski definition) is 3. The zero-order chi connectivity index (χ0) is 77.5. The quantitative estimate of drug-likeness (QED) is 0.0756. The molecule has 0 bridgehead atoms. The Morgan fingerprint density at radius 3 is 1.31 bits per heavy atom. The van der Waals surface area contributed by atoms with Crippen molar-refractivity contribution >= 4 is 221 Å². The fourth-order valence-electron chi connectivity index (χ4n) is 12.2. The second-order valence-electron chi connectivity index (χ2n) is 25.5. The number of piperazine rings is 3. The Hall–Kier alpha value is -8.24. The molecule has 37 heteroatoms. The standard InChI is InChI=1S/C22H21ClN6O2.C19H19ClIN5O.C11H15ClN2.C9H8IN3O.C8H6IN3O2.C6H4IN3.Li.H2O/c1-15-12-16(2-3-18(15)23)27-7-9-28(10-8-27)20(30)14-29-21(22-25-6-11-31-22)17-4-5-24-13-19(17)26-29;1-13-11-14(4-5-16(13)20)24-7-9-25(10-8-24)17(27)12-26-18(21)15-3-2-6-22-19(15)23-26;1-9-8-10(2-3-11(9)12)14-6-4-13-5-7-14;1-6(14)5-13-8(10)7-3-2-4-11-9(7)12-13;9-7-5-2-1-3-10-8(5)11-12(7)4-6(13)14;7-5-4-2-1-3-8-6(4)10-9-5;;/h2-6,11-13H,7-10,14H2,1H3;2-6,11H,7-10,12H2,1H3;2-3,8,13H,4-7H2,1H3;2-4H,5H2,1H3;1-3H,4H2,(H,13,14);1-3H,(H,8,9,10);;1H2/q;;;;;;+1;/p-1. The zero-order valence-corrected chi connectivity index (χ0v) is 72.2. The number of aromatic nitrogens is 16. The molecule has 3 aromatic carbocycles. The van der Waals surface area contributed by atoms with Crippen LogP contribution in [0, 0.1) is 35.6 Å². The predicted molar refractivity (Wildman–Crippen MR) is 462 cm³/mol. The first-order valence-corrected chi connectivity index (χ1v) is 40.2. The third kappa shape index (κ3) is 21.8. The SMILES string of the molecule is CC(=O)Cn1nc2ncccc2c1I.Cc1cc(N2CCN(C(=O)Cn3nc4cnccc4c3-c3ncco3)CC2)ccc1Cl.Cc1cc(N2CCN(C(=O)Cn3nc4ncccc4c3I)CC2)ccc1Cl.Cc1cc(N2CCNCC2)ccc1Cl.Ic1[nH]nc2ncccc12.O=C(O)Cn1nc2ncccc2c1I.[Li+].[OH-]. The number of aromatic amines is 1. The van der Waals surface area contributed by atoms with Crippen LogP contribution in [0.15, 0.2) is 163 Å². The molecule has 0 saturated carbocycles. The van der Waals surface area contributed by atoms with Gasteiger partial charge in [-0.1, -0.05) is 34.8 Å². The van der Waals surface area contributed by atoms with Gasteiger partial charge in [0.1, 0.15) is 58.5 Å². The largest absolute Gasteiger partial charge is 1.00 e. The van der Waals surface area contributed by atoms with E-state index in [2.05, 4.69) is 195 Å². The maximum Gasteiger partial charge on any atom is 1.00 e. The summed E-state index contributed by atoms with van der Waals surface area (Å²) in [5.74, 6) is -0.274. The number of nitrogens with zero attached hydrogens (tertiary/aromatic N) is 20. The molecule has 29 nitrogen and oxygen atoms in total. The molecule has 11 aromatic heterocycles. The minimum Gasteiger partial charge on any atom is -0.870 e. The molecule has 3 aliphatic heterocycles. The minimum atomic E-state index is -0.907. The number of aliphatic carboxylic acids is 1. The molecule has 0 aliphatic carbocycles. The van der Waals surface area contributed by atoms with E-state index >= 15 is 0 Å². The molecule has 14 aromatic rings. The molecule has 0 radical (unpaired) electrons. The van der Waals surface area contributed by atoms with Crippen molar-refractivity contribution in [3.8, 4) is 11.6 Å². The zero-order valence-electron chi connectivity index (χ0n) is 61.4. The van der Waals surface area contributed by atoms with Crippen molar-refractivity contribution in [3.05, 3.63) is 205 Å². The van der Waals surface area contributed by atoms with E-state index in [0.717, 1.165) is 143 Å². The topological polar surface area (TPSA) is 337 Å². The fourth-order valence-corrected chi connectivity index (χ4v) is 15.2. The van der Waals surface area contributed by atoms with Crippen LogP contribution in [0.5, 0.6) is 0 Å². The van der Waals surface area contributed by atoms with Gasteiger partial charge in [-0.2, -0.15) is 25.5 Å². The minimum absolute atomic E-state index is 0. The van der Waals surface area contributed by atoms with Crippen LogP contribution < -0.4 is 38.9 Å². The fraction of sp³-hybridized carbons (Fsp3) is 0.267. The van der Waals surface area contributed by atoms with Crippen molar-refractivity contribution in [2.45, 2.75) is 53.9 Å². The van der Waals surface area contributed by atoms with Crippen LogP contribution in [0.4, 0.5) is 17.1 Å². The number of Topliss-reactive ketones (excluding diaryl/α,β-unsaturated/α-hetero) is 1.